The summed E-state index contributed by atoms with van der Waals surface area (Å²) in [4.78, 5) is 43.5. The molecule has 0 saturated carbocycles. The Morgan fingerprint density at radius 3 is 2.31 bits per heavy atom. The molecule has 0 saturated heterocycles. The van der Waals surface area contributed by atoms with Crippen molar-refractivity contribution in [1.82, 2.24) is 20.2 Å². The lowest BCUT2D eigenvalue weighted by Crippen LogP contribution is -2.52. The zero-order valence-electron chi connectivity index (χ0n) is 21.8. The number of imidazole rings is 1. The van der Waals surface area contributed by atoms with Crippen molar-refractivity contribution in [3.63, 3.8) is 0 Å². The van der Waals surface area contributed by atoms with Gasteiger partial charge in [-0.1, -0.05) is 12.1 Å². The van der Waals surface area contributed by atoms with Gasteiger partial charge in [-0.25, -0.2) is 14.2 Å². The van der Waals surface area contributed by atoms with Gasteiger partial charge < -0.3 is 25.2 Å². The number of hydrogen-bond donors (Lipinski definition) is 3. The lowest BCUT2D eigenvalue weighted by atomic mass is 10.0. The molecule has 9 nitrogen and oxygen atoms in total. The first kappa shape index (κ1) is 30.2. The lowest BCUT2D eigenvalue weighted by molar-refractivity contribution is -0.142. The molecule has 3 rings (SSSR count). The number of benzene rings is 2. The maximum atomic E-state index is 13.2. The molecule has 0 unspecified atom stereocenters. The van der Waals surface area contributed by atoms with E-state index < -0.39 is 35.7 Å². The van der Waals surface area contributed by atoms with Crippen LogP contribution >= 0.6 is 23.2 Å². The number of rotatable bonds is 14. The van der Waals surface area contributed by atoms with E-state index in [1.165, 1.54) is 31.2 Å². The minimum atomic E-state index is -1.25. The highest BCUT2D eigenvalue weighted by molar-refractivity contribution is 6.18. The quantitative estimate of drug-likeness (QED) is 0.252. The van der Waals surface area contributed by atoms with Gasteiger partial charge in [0.05, 0.1) is 11.0 Å². The summed E-state index contributed by atoms with van der Waals surface area (Å²) in [5.41, 5.74) is 3.17. The Bertz CT molecular complexity index is 1300. The number of nitrogens with one attached hydrogen (secondary N) is 2. The van der Waals surface area contributed by atoms with E-state index in [9.17, 15) is 23.9 Å². The number of anilines is 1. The van der Waals surface area contributed by atoms with E-state index in [-0.39, 0.29) is 12.8 Å². The van der Waals surface area contributed by atoms with Gasteiger partial charge in [0, 0.05) is 57.3 Å². The van der Waals surface area contributed by atoms with Crippen molar-refractivity contribution in [2.45, 2.75) is 38.3 Å². The molecule has 2 amide bonds. The normalized spacial score (nSPS) is 12.6. The summed E-state index contributed by atoms with van der Waals surface area (Å²) in [7, 11) is 1.87. The molecule has 12 heteroatoms. The number of carboxylic acids is 1. The SMILES string of the molecule is CC(=O)N[C@@H](CCc1nc2cc(N(CCCl)CCCl)ccc2n1C)C(=O)N[C@@H](Cc1ccc(F)cc1)C(=O)O. The topological polar surface area (TPSA) is 117 Å². The molecule has 3 N–H and O–H groups in total. The number of fused-ring (bicyclic) bond motifs is 1. The molecule has 210 valence electrons. The Kier molecular flexibility index (Phi) is 10.9. The molecule has 0 spiro atoms. The summed E-state index contributed by atoms with van der Waals surface area (Å²) >= 11 is 11.9. The summed E-state index contributed by atoms with van der Waals surface area (Å²) < 4.78 is 15.1. The fourth-order valence-electron chi connectivity index (χ4n) is 4.35. The van der Waals surface area contributed by atoms with Gasteiger partial charge in [0.2, 0.25) is 11.8 Å². The van der Waals surface area contributed by atoms with Crippen LogP contribution in [0.25, 0.3) is 11.0 Å². The van der Waals surface area contributed by atoms with Crippen molar-refractivity contribution in [3.05, 3.63) is 59.7 Å². The fourth-order valence-corrected chi connectivity index (χ4v) is 4.76. The first-order valence-corrected chi connectivity index (χ1v) is 13.6. The summed E-state index contributed by atoms with van der Waals surface area (Å²) in [5.74, 6) is -1.11. The molecule has 2 aromatic carbocycles. The molecular formula is C27H32Cl2FN5O4. The zero-order chi connectivity index (χ0) is 28.5. The van der Waals surface area contributed by atoms with E-state index in [1.807, 2.05) is 29.8 Å². The van der Waals surface area contributed by atoms with E-state index in [4.69, 9.17) is 28.2 Å². The molecule has 0 aliphatic heterocycles. The van der Waals surface area contributed by atoms with Crippen molar-refractivity contribution < 1.29 is 23.9 Å². The predicted molar refractivity (Wildman–Crippen MR) is 150 cm³/mol. The largest absolute Gasteiger partial charge is 0.480 e. The highest BCUT2D eigenvalue weighted by Crippen LogP contribution is 2.23. The van der Waals surface area contributed by atoms with Crippen molar-refractivity contribution in [1.29, 1.82) is 0 Å². The molecule has 0 bridgehead atoms. The maximum Gasteiger partial charge on any atom is 0.326 e. The number of alkyl halides is 2. The van der Waals surface area contributed by atoms with Crippen molar-refractivity contribution in [2.75, 3.05) is 29.7 Å². The minimum Gasteiger partial charge on any atom is -0.480 e. The molecule has 0 aliphatic carbocycles. The summed E-state index contributed by atoms with van der Waals surface area (Å²) in [5, 5.41) is 14.8. The highest BCUT2D eigenvalue weighted by atomic mass is 35.5. The van der Waals surface area contributed by atoms with Crippen LogP contribution in [0.5, 0.6) is 0 Å². The van der Waals surface area contributed by atoms with E-state index in [0.29, 0.717) is 42.7 Å². The molecular weight excluding hydrogens is 548 g/mol. The molecule has 1 heterocycles. The maximum absolute atomic E-state index is 13.2. The van der Waals surface area contributed by atoms with E-state index in [0.717, 1.165) is 16.7 Å². The van der Waals surface area contributed by atoms with Gasteiger partial charge in [-0.2, -0.15) is 0 Å². The van der Waals surface area contributed by atoms with Gasteiger partial charge in [-0.3, -0.25) is 9.59 Å². The number of amides is 2. The third kappa shape index (κ3) is 8.31. The summed E-state index contributed by atoms with van der Waals surface area (Å²) in [6.45, 7) is 2.58. The molecule has 3 aromatic rings. The number of hydrogen-bond acceptors (Lipinski definition) is 5. The summed E-state index contributed by atoms with van der Waals surface area (Å²) in [6.07, 6.45) is 0.510. The van der Waals surface area contributed by atoms with Gasteiger partial charge in [0.25, 0.3) is 0 Å². The van der Waals surface area contributed by atoms with Crippen LogP contribution in [0.2, 0.25) is 0 Å². The van der Waals surface area contributed by atoms with E-state index in [1.54, 1.807) is 0 Å². The Morgan fingerprint density at radius 2 is 1.72 bits per heavy atom. The van der Waals surface area contributed by atoms with Crippen molar-refractivity contribution in [2.24, 2.45) is 7.05 Å². The number of carbonyl (C=O) groups excluding carboxylic acids is 2. The molecule has 0 radical (unpaired) electrons. The standard InChI is InChI=1S/C27H32Cl2FN5O4/c1-17(36)31-21(26(37)33-23(27(38)39)15-18-3-5-19(30)6-4-18)8-10-25-32-22-16-20(7-9-24(22)34(25)2)35(13-11-28)14-12-29/h3-7,9,16,21,23H,8,10-15H2,1-2H3,(H,31,36)(H,33,37)(H,38,39)/t21-,23-/m0/s1. The van der Waals surface area contributed by atoms with Crippen LogP contribution in [-0.4, -0.2) is 69.4 Å². The third-order valence-corrected chi connectivity index (χ3v) is 6.69. The number of halogens is 3. The van der Waals surface area contributed by atoms with Crippen LogP contribution in [0.1, 0.15) is 24.7 Å². The average Bonchev–Trinajstić information content (AvgIpc) is 3.21. The Morgan fingerprint density at radius 1 is 1.05 bits per heavy atom. The second kappa shape index (κ2) is 14.1. The molecule has 1 aromatic heterocycles. The number of carboxylic acid groups (broad SMARTS) is 1. The van der Waals surface area contributed by atoms with E-state index in [2.05, 4.69) is 15.5 Å². The first-order valence-electron chi connectivity index (χ1n) is 12.5. The van der Waals surface area contributed by atoms with Crippen LogP contribution in [0.15, 0.2) is 42.5 Å². The van der Waals surface area contributed by atoms with Gasteiger partial charge in [-0.05, 0) is 42.3 Å². The highest BCUT2D eigenvalue weighted by Gasteiger charge is 2.27. The smallest absolute Gasteiger partial charge is 0.326 e. The van der Waals surface area contributed by atoms with Crippen LogP contribution < -0.4 is 15.5 Å². The number of carbonyl (C=O) groups is 3. The Labute approximate surface area is 236 Å². The second-order valence-electron chi connectivity index (χ2n) is 9.15. The number of nitrogens with zero attached hydrogens (tertiary/aromatic N) is 3. The molecule has 39 heavy (non-hydrogen) atoms. The van der Waals surface area contributed by atoms with E-state index >= 15 is 0 Å². The van der Waals surface area contributed by atoms with Crippen molar-refractivity contribution >= 4 is 57.7 Å². The lowest BCUT2D eigenvalue weighted by Gasteiger charge is -2.22. The second-order valence-corrected chi connectivity index (χ2v) is 9.90. The molecule has 0 aliphatic rings. The molecule has 2 atom stereocenters. The van der Waals surface area contributed by atoms with Gasteiger partial charge in [0.15, 0.2) is 0 Å². The Balaban J connectivity index is 1.74. The molecule has 0 fully saturated rings. The number of aliphatic carboxylic acids is 1. The Hall–Kier alpha value is -3.37. The van der Waals surface area contributed by atoms with Crippen LogP contribution in [0, 0.1) is 5.82 Å². The van der Waals surface area contributed by atoms with Crippen LogP contribution in [-0.2, 0) is 34.3 Å². The van der Waals surface area contributed by atoms with Crippen LogP contribution in [0.3, 0.4) is 0 Å². The van der Waals surface area contributed by atoms with Gasteiger partial charge >= 0.3 is 5.97 Å². The van der Waals surface area contributed by atoms with Crippen molar-refractivity contribution in [3.8, 4) is 0 Å². The predicted octanol–water partition coefficient (Wildman–Crippen LogP) is 3.25. The zero-order valence-corrected chi connectivity index (χ0v) is 23.3. The number of aromatic nitrogens is 2. The van der Waals surface area contributed by atoms with Crippen LogP contribution in [0.4, 0.5) is 10.1 Å². The number of aryl methyl sites for hydroxylation is 2. The minimum absolute atomic E-state index is 0.0360. The third-order valence-electron chi connectivity index (χ3n) is 6.35. The fraction of sp³-hybridized carbons (Fsp3) is 0.407. The monoisotopic (exact) mass is 579 g/mol. The average molecular weight is 580 g/mol. The summed E-state index contributed by atoms with van der Waals surface area (Å²) in [6, 6.07) is 9.05. The van der Waals surface area contributed by atoms with Gasteiger partial charge in [-0.15, -0.1) is 23.2 Å². The van der Waals surface area contributed by atoms with Gasteiger partial charge in [0.1, 0.15) is 23.7 Å². The first-order chi connectivity index (χ1) is 18.6.